The molecule has 0 aromatic heterocycles. The number of esters is 1. The van der Waals surface area contributed by atoms with Crippen LogP contribution in [0.4, 0.5) is 4.39 Å². The van der Waals surface area contributed by atoms with Gasteiger partial charge in [0, 0.05) is 6.54 Å². The number of carbonyl (C=O) groups excluding carboxylic acids is 1. The van der Waals surface area contributed by atoms with Gasteiger partial charge in [-0.2, -0.15) is 0 Å². The molecule has 0 amide bonds. The van der Waals surface area contributed by atoms with Crippen molar-refractivity contribution in [2.75, 3.05) is 13.7 Å². The Morgan fingerprint density at radius 3 is 2.68 bits per heavy atom. The van der Waals surface area contributed by atoms with Crippen molar-refractivity contribution in [1.82, 2.24) is 5.01 Å². The summed E-state index contributed by atoms with van der Waals surface area (Å²) in [5, 5.41) is 1.56. The molecule has 1 saturated heterocycles. The molecule has 106 valence electrons. The molecule has 0 saturated carbocycles. The molecule has 1 heterocycles. The molecule has 0 radical (unpaired) electrons. The molecule has 1 aliphatic rings. The highest BCUT2D eigenvalue weighted by molar-refractivity contribution is 5.75. The van der Waals surface area contributed by atoms with Crippen LogP contribution in [0, 0.1) is 12.7 Å². The van der Waals surface area contributed by atoms with Gasteiger partial charge in [0.2, 0.25) is 0 Å². The maximum absolute atomic E-state index is 12.2. The number of nitrogens with two attached hydrogens (primary N) is 1. The second-order valence-corrected chi connectivity index (χ2v) is 4.57. The summed E-state index contributed by atoms with van der Waals surface area (Å²) in [5.41, 5.74) is 0.963. The fraction of sp³-hybridized carbons (Fsp3) is 0.500. The van der Waals surface area contributed by atoms with E-state index in [-0.39, 0.29) is 17.8 Å². The first kappa shape index (κ1) is 15.6. The Morgan fingerprint density at radius 1 is 1.47 bits per heavy atom. The molecule has 1 aromatic carbocycles. The van der Waals surface area contributed by atoms with E-state index in [4.69, 9.17) is 5.84 Å². The van der Waals surface area contributed by atoms with Gasteiger partial charge in [-0.15, -0.1) is 0 Å². The first-order valence-corrected chi connectivity index (χ1v) is 6.36. The minimum Gasteiger partial charge on any atom is -0.468 e. The summed E-state index contributed by atoms with van der Waals surface area (Å²) < 4.78 is 16.8. The van der Waals surface area contributed by atoms with Gasteiger partial charge in [-0.25, -0.2) is 9.40 Å². The molecule has 5 heteroatoms. The van der Waals surface area contributed by atoms with E-state index in [1.807, 2.05) is 13.0 Å². The monoisotopic (exact) mass is 268 g/mol. The number of methoxy groups -OCH3 is 1. The maximum Gasteiger partial charge on any atom is 0.324 e. The summed E-state index contributed by atoms with van der Waals surface area (Å²) in [6, 6.07) is 6.29. The molecular formula is C14H21FN2O2. The van der Waals surface area contributed by atoms with Crippen LogP contribution in [0.3, 0.4) is 0 Å². The van der Waals surface area contributed by atoms with E-state index in [1.165, 1.54) is 19.2 Å². The Bertz CT molecular complexity index is 395. The summed E-state index contributed by atoms with van der Waals surface area (Å²) in [6.07, 6.45) is 2.96. The maximum atomic E-state index is 12.2. The molecule has 1 unspecified atom stereocenters. The van der Waals surface area contributed by atoms with E-state index in [9.17, 15) is 9.18 Å². The van der Waals surface area contributed by atoms with Gasteiger partial charge in [-0.3, -0.25) is 10.6 Å². The number of hydrogen-bond donors (Lipinski definition) is 1. The van der Waals surface area contributed by atoms with Gasteiger partial charge in [0.1, 0.15) is 11.9 Å². The zero-order chi connectivity index (χ0) is 14.3. The smallest absolute Gasteiger partial charge is 0.324 e. The lowest BCUT2D eigenvalue weighted by Gasteiger charge is -2.29. The summed E-state index contributed by atoms with van der Waals surface area (Å²) in [5.74, 6) is 5.21. The quantitative estimate of drug-likeness (QED) is 0.625. The first-order chi connectivity index (χ1) is 9.04. The Labute approximate surface area is 113 Å². The fourth-order valence-corrected chi connectivity index (χ4v) is 1.95. The average Bonchev–Trinajstić information content (AvgIpc) is 2.39. The number of rotatable bonds is 1. The van der Waals surface area contributed by atoms with Crippen molar-refractivity contribution in [1.29, 1.82) is 0 Å². The fourth-order valence-electron chi connectivity index (χ4n) is 1.95. The molecule has 1 fully saturated rings. The highest BCUT2D eigenvalue weighted by Crippen LogP contribution is 2.13. The Kier molecular flexibility index (Phi) is 6.45. The number of aryl methyl sites for hydroxylation is 1. The first-order valence-electron chi connectivity index (χ1n) is 6.36. The summed E-state index contributed by atoms with van der Waals surface area (Å²) in [7, 11) is 1.39. The van der Waals surface area contributed by atoms with Crippen molar-refractivity contribution in [2.45, 2.75) is 32.2 Å². The molecule has 0 bridgehead atoms. The molecule has 19 heavy (non-hydrogen) atoms. The van der Waals surface area contributed by atoms with Gasteiger partial charge >= 0.3 is 5.97 Å². The van der Waals surface area contributed by atoms with Gasteiger partial charge < -0.3 is 4.74 Å². The standard InChI is InChI=1S/C7H7F.C7H14N2O2/c1-6-3-2-4-7(8)5-6;1-11-7(10)6-4-2-3-5-9(6)8/h2-5H,1H3;6H,2-5,8H2,1H3. The summed E-state index contributed by atoms with van der Waals surface area (Å²) in [6.45, 7) is 2.66. The number of nitrogens with zero attached hydrogens (tertiary/aromatic N) is 1. The highest BCUT2D eigenvalue weighted by atomic mass is 19.1. The third-order valence-corrected chi connectivity index (χ3v) is 3.00. The third-order valence-electron chi connectivity index (χ3n) is 3.00. The lowest BCUT2D eigenvalue weighted by molar-refractivity contribution is -0.148. The molecule has 2 N–H and O–H groups in total. The van der Waals surface area contributed by atoms with E-state index in [2.05, 4.69) is 4.74 Å². The van der Waals surface area contributed by atoms with Crippen LogP contribution in [0.5, 0.6) is 0 Å². The van der Waals surface area contributed by atoms with Gasteiger partial charge in [-0.1, -0.05) is 12.1 Å². The summed E-state index contributed by atoms with van der Waals surface area (Å²) in [4.78, 5) is 11.0. The molecule has 1 aromatic rings. The van der Waals surface area contributed by atoms with Gasteiger partial charge in [0.15, 0.2) is 0 Å². The molecular weight excluding hydrogens is 247 g/mol. The van der Waals surface area contributed by atoms with Gasteiger partial charge in [0.25, 0.3) is 0 Å². The normalized spacial score (nSPS) is 19.3. The lowest BCUT2D eigenvalue weighted by atomic mass is 10.0. The van der Waals surface area contributed by atoms with Crippen LogP contribution in [0.1, 0.15) is 24.8 Å². The van der Waals surface area contributed by atoms with E-state index in [0.29, 0.717) is 0 Å². The predicted octanol–water partition coefficient (Wildman–Crippen LogP) is 2.02. The molecule has 2 rings (SSSR count). The van der Waals surface area contributed by atoms with Crippen molar-refractivity contribution >= 4 is 5.97 Å². The third kappa shape index (κ3) is 5.36. The van der Waals surface area contributed by atoms with Crippen LogP contribution < -0.4 is 5.84 Å². The van der Waals surface area contributed by atoms with Crippen molar-refractivity contribution in [3.05, 3.63) is 35.6 Å². The second-order valence-electron chi connectivity index (χ2n) is 4.57. The van der Waals surface area contributed by atoms with E-state index < -0.39 is 0 Å². The van der Waals surface area contributed by atoms with Crippen LogP contribution in [-0.2, 0) is 9.53 Å². The molecule has 4 nitrogen and oxygen atoms in total. The molecule has 1 atom stereocenters. The van der Waals surface area contributed by atoms with Crippen LogP contribution in [0.2, 0.25) is 0 Å². The number of piperidine rings is 1. The Morgan fingerprint density at radius 2 is 2.21 bits per heavy atom. The average molecular weight is 268 g/mol. The number of hydrazine groups is 1. The number of halogens is 1. The molecule has 1 aliphatic heterocycles. The molecule has 0 aliphatic carbocycles. The zero-order valence-electron chi connectivity index (χ0n) is 11.4. The van der Waals surface area contributed by atoms with Crippen molar-refractivity contribution in [2.24, 2.45) is 5.84 Å². The second kappa shape index (κ2) is 7.86. The van der Waals surface area contributed by atoms with Crippen LogP contribution >= 0.6 is 0 Å². The number of carbonyl (C=O) groups is 1. The zero-order valence-corrected chi connectivity index (χ0v) is 11.4. The Hall–Kier alpha value is -1.46. The number of hydrogen-bond acceptors (Lipinski definition) is 4. The van der Waals surface area contributed by atoms with Crippen molar-refractivity contribution < 1.29 is 13.9 Å². The minimum absolute atomic E-state index is 0.162. The van der Waals surface area contributed by atoms with Crippen LogP contribution in [0.25, 0.3) is 0 Å². The van der Waals surface area contributed by atoms with Crippen molar-refractivity contribution in [3.63, 3.8) is 0 Å². The molecule has 0 spiro atoms. The summed E-state index contributed by atoms with van der Waals surface area (Å²) >= 11 is 0. The van der Waals surface area contributed by atoms with Crippen molar-refractivity contribution in [3.8, 4) is 0 Å². The van der Waals surface area contributed by atoms with Gasteiger partial charge in [0.05, 0.1) is 7.11 Å². The van der Waals surface area contributed by atoms with E-state index >= 15 is 0 Å². The van der Waals surface area contributed by atoms with E-state index in [1.54, 1.807) is 11.1 Å². The largest absolute Gasteiger partial charge is 0.468 e. The Balaban J connectivity index is 0.000000200. The predicted molar refractivity (Wildman–Crippen MR) is 71.7 cm³/mol. The van der Waals surface area contributed by atoms with Gasteiger partial charge in [-0.05, 0) is 43.9 Å². The SMILES string of the molecule is COC(=O)C1CCCCN1N.Cc1cccc(F)c1. The van der Waals surface area contributed by atoms with E-state index in [0.717, 1.165) is 31.4 Å². The van der Waals surface area contributed by atoms with Crippen LogP contribution in [-0.4, -0.2) is 30.7 Å². The number of benzene rings is 1. The number of ether oxygens (including phenoxy) is 1. The highest BCUT2D eigenvalue weighted by Gasteiger charge is 2.26. The minimum atomic E-state index is -0.216. The topological polar surface area (TPSA) is 55.6 Å². The lowest BCUT2D eigenvalue weighted by Crippen LogP contribution is -2.49. The van der Waals surface area contributed by atoms with Crippen LogP contribution in [0.15, 0.2) is 24.3 Å².